The summed E-state index contributed by atoms with van der Waals surface area (Å²) in [7, 11) is 0. The van der Waals surface area contributed by atoms with Crippen molar-refractivity contribution >= 4 is 0 Å². The smallest absolute Gasteiger partial charge is 0.238 e. The van der Waals surface area contributed by atoms with Gasteiger partial charge < -0.3 is 5.11 Å². The SMILES string of the molecule is [O]c1cnccc1O. The van der Waals surface area contributed by atoms with Crippen LogP contribution in [0.3, 0.4) is 0 Å². The van der Waals surface area contributed by atoms with Crippen molar-refractivity contribution in [3.05, 3.63) is 18.5 Å². The second kappa shape index (κ2) is 1.69. The van der Waals surface area contributed by atoms with Gasteiger partial charge in [0.1, 0.15) is 0 Å². The normalized spacial score (nSPS) is 9.00. The predicted molar refractivity (Wildman–Crippen MR) is 26.0 cm³/mol. The van der Waals surface area contributed by atoms with Crippen molar-refractivity contribution in [2.45, 2.75) is 0 Å². The Bertz CT molecular complexity index is 167. The maximum absolute atomic E-state index is 10.3. The van der Waals surface area contributed by atoms with Gasteiger partial charge in [0.2, 0.25) is 5.75 Å². The van der Waals surface area contributed by atoms with Gasteiger partial charge in [0.25, 0.3) is 0 Å². The van der Waals surface area contributed by atoms with Crippen LogP contribution in [0.5, 0.6) is 11.5 Å². The summed E-state index contributed by atoms with van der Waals surface area (Å²) in [6.07, 6.45) is 2.42. The van der Waals surface area contributed by atoms with Crippen molar-refractivity contribution in [3.8, 4) is 11.5 Å². The zero-order valence-corrected chi connectivity index (χ0v) is 4.03. The van der Waals surface area contributed by atoms with Crippen LogP contribution in [0.25, 0.3) is 0 Å². The van der Waals surface area contributed by atoms with Crippen LogP contribution in [-0.4, -0.2) is 10.1 Å². The van der Waals surface area contributed by atoms with Gasteiger partial charge in [-0.1, -0.05) is 0 Å². The Morgan fingerprint density at radius 1 is 1.62 bits per heavy atom. The van der Waals surface area contributed by atoms with Gasteiger partial charge in [-0.25, -0.2) is 0 Å². The first-order chi connectivity index (χ1) is 3.80. The van der Waals surface area contributed by atoms with Crippen molar-refractivity contribution in [2.24, 2.45) is 0 Å². The van der Waals surface area contributed by atoms with Crippen molar-refractivity contribution in [2.75, 3.05) is 0 Å². The van der Waals surface area contributed by atoms with Crippen molar-refractivity contribution in [1.29, 1.82) is 0 Å². The Kier molecular flexibility index (Phi) is 1.04. The van der Waals surface area contributed by atoms with Gasteiger partial charge in [-0.05, 0) is 0 Å². The quantitative estimate of drug-likeness (QED) is 0.540. The number of hydrogen-bond donors (Lipinski definition) is 1. The molecule has 1 N–H and O–H groups in total. The van der Waals surface area contributed by atoms with Crippen LogP contribution in [0, 0.1) is 0 Å². The molecule has 0 saturated carbocycles. The average Bonchev–Trinajstić information content (AvgIpc) is 1.77. The van der Waals surface area contributed by atoms with Crippen LogP contribution < -0.4 is 0 Å². The Morgan fingerprint density at radius 2 is 2.38 bits per heavy atom. The van der Waals surface area contributed by atoms with Crippen LogP contribution >= 0.6 is 0 Å². The topological polar surface area (TPSA) is 53.0 Å². The lowest BCUT2D eigenvalue weighted by Gasteiger charge is -1.86. The van der Waals surface area contributed by atoms with Gasteiger partial charge in [0.05, 0.1) is 6.20 Å². The average molecular weight is 110 g/mol. The minimum atomic E-state index is -0.437. The minimum absolute atomic E-state index is 0.250. The second-order valence-electron chi connectivity index (χ2n) is 1.34. The monoisotopic (exact) mass is 110 g/mol. The first-order valence-electron chi connectivity index (χ1n) is 2.10. The van der Waals surface area contributed by atoms with Crippen LogP contribution in [0.1, 0.15) is 0 Å². The molecule has 0 saturated heterocycles. The van der Waals surface area contributed by atoms with E-state index in [0.717, 1.165) is 6.20 Å². The molecule has 0 bridgehead atoms. The zero-order chi connectivity index (χ0) is 5.98. The lowest BCUT2D eigenvalue weighted by atomic mass is 10.4. The number of hydrogen-bond acceptors (Lipinski definition) is 2. The highest BCUT2D eigenvalue weighted by Crippen LogP contribution is 2.20. The molecule has 0 aliphatic heterocycles. The minimum Gasteiger partial charge on any atom is -0.504 e. The first kappa shape index (κ1) is 4.90. The summed E-state index contributed by atoms with van der Waals surface area (Å²) in [5.74, 6) is -0.687. The van der Waals surface area contributed by atoms with Crippen molar-refractivity contribution in [1.82, 2.24) is 4.98 Å². The molecule has 3 heteroatoms. The maximum Gasteiger partial charge on any atom is 0.238 e. The second-order valence-corrected chi connectivity index (χ2v) is 1.34. The fraction of sp³-hybridized carbons (Fsp3) is 0. The third kappa shape index (κ3) is 0.703. The molecular formula is C5H4NO2. The van der Waals surface area contributed by atoms with E-state index in [1.807, 2.05) is 0 Å². The molecule has 0 amide bonds. The molecular weight excluding hydrogens is 106 g/mol. The fourth-order valence-corrected chi connectivity index (χ4v) is 0.373. The van der Waals surface area contributed by atoms with Gasteiger partial charge >= 0.3 is 0 Å². The summed E-state index contributed by atoms with van der Waals surface area (Å²) in [6.45, 7) is 0. The molecule has 1 rings (SSSR count). The molecule has 0 aromatic carbocycles. The molecule has 1 heterocycles. The summed E-state index contributed by atoms with van der Waals surface area (Å²) < 4.78 is 0. The third-order valence-electron chi connectivity index (χ3n) is 0.763. The van der Waals surface area contributed by atoms with E-state index in [0.29, 0.717) is 0 Å². The van der Waals surface area contributed by atoms with Gasteiger partial charge in [0.15, 0.2) is 5.75 Å². The third-order valence-corrected chi connectivity index (χ3v) is 0.763. The van der Waals surface area contributed by atoms with Crippen molar-refractivity contribution < 1.29 is 10.2 Å². The molecule has 41 valence electrons. The standard InChI is InChI=1S/C5H4NO2/c7-4-1-2-6-3-5(4)8/h1-3H,(H,6,7). The van der Waals surface area contributed by atoms with Crippen LogP contribution in [0.2, 0.25) is 0 Å². The number of aromatic nitrogens is 1. The highest BCUT2D eigenvalue weighted by molar-refractivity contribution is 5.32. The molecule has 0 atom stereocenters. The Morgan fingerprint density at radius 3 is 2.75 bits per heavy atom. The zero-order valence-electron chi connectivity index (χ0n) is 4.03. The van der Waals surface area contributed by atoms with E-state index in [1.54, 1.807) is 0 Å². The summed E-state index contributed by atoms with van der Waals surface area (Å²) in [6, 6.07) is 1.25. The molecule has 0 unspecified atom stereocenters. The van der Waals surface area contributed by atoms with Crippen molar-refractivity contribution in [3.63, 3.8) is 0 Å². The summed E-state index contributed by atoms with van der Waals surface area (Å²) in [5.41, 5.74) is 0. The van der Waals surface area contributed by atoms with Crippen LogP contribution in [-0.2, 0) is 5.11 Å². The Hall–Kier alpha value is -1.25. The van der Waals surface area contributed by atoms with E-state index < -0.39 is 5.75 Å². The van der Waals surface area contributed by atoms with E-state index in [4.69, 9.17) is 5.11 Å². The highest BCUT2D eigenvalue weighted by Gasteiger charge is 1.94. The van der Waals surface area contributed by atoms with E-state index in [1.165, 1.54) is 12.3 Å². The largest absolute Gasteiger partial charge is 0.504 e. The number of pyridine rings is 1. The van der Waals surface area contributed by atoms with E-state index in [-0.39, 0.29) is 5.75 Å². The van der Waals surface area contributed by atoms with Gasteiger partial charge in [-0.15, -0.1) is 0 Å². The molecule has 3 nitrogen and oxygen atoms in total. The highest BCUT2D eigenvalue weighted by atomic mass is 16.3. The molecule has 0 fully saturated rings. The van der Waals surface area contributed by atoms with E-state index >= 15 is 0 Å². The molecule has 1 radical (unpaired) electrons. The molecule has 0 aliphatic carbocycles. The molecule has 1 aromatic rings. The lowest BCUT2D eigenvalue weighted by molar-refractivity contribution is 0.323. The maximum atomic E-state index is 10.3. The number of rotatable bonds is 0. The Labute approximate surface area is 46.2 Å². The van der Waals surface area contributed by atoms with Gasteiger partial charge in [0, 0.05) is 12.3 Å². The first-order valence-corrected chi connectivity index (χ1v) is 2.10. The van der Waals surface area contributed by atoms with Gasteiger partial charge in [-0.2, -0.15) is 0 Å². The Balaban J connectivity index is 3.13. The molecule has 0 aliphatic rings. The summed E-state index contributed by atoms with van der Waals surface area (Å²) in [5, 5.41) is 18.9. The van der Waals surface area contributed by atoms with E-state index in [2.05, 4.69) is 4.98 Å². The van der Waals surface area contributed by atoms with E-state index in [9.17, 15) is 5.11 Å². The summed E-state index contributed by atoms with van der Waals surface area (Å²) in [4.78, 5) is 3.47. The van der Waals surface area contributed by atoms with Gasteiger partial charge in [-0.3, -0.25) is 10.1 Å². The fourth-order valence-electron chi connectivity index (χ4n) is 0.373. The van der Waals surface area contributed by atoms with Crippen LogP contribution in [0.4, 0.5) is 0 Å². The molecule has 1 aromatic heterocycles. The van der Waals surface area contributed by atoms with Crippen LogP contribution in [0.15, 0.2) is 18.5 Å². The molecule has 0 spiro atoms. The number of aromatic hydroxyl groups is 1. The predicted octanol–water partition coefficient (Wildman–Crippen LogP) is 0.931. The summed E-state index contributed by atoms with van der Waals surface area (Å²) >= 11 is 0. The lowest BCUT2D eigenvalue weighted by Crippen LogP contribution is -1.67. The number of nitrogens with zero attached hydrogens (tertiary/aromatic N) is 1. The molecule has 8 heavy (non-hydrogen) atoms.